The first kappa shape index (κ1) is 21.8. The number of nitrogens with one attached hydrogen (secondary N) is 1. The number of hydrogen-bond acceptors (Lipinski definition) is 7. The maximum atomic E-state index is 12.6. The van der Waals surface area contributed by atoms with Crippen molar-refractivity contribution in [2.75, 3.05) is 25.0 Å². The van der Waals surface area contributed by atoms with Crippen LogP contribution in [0.4, 0.5) is 5.69 Å². The van der Waals surface area contributed by atoms with Crippen molar-refractivity contribution in [1.29, 1.82) is 0 Å². The molecule has 1 N–H and O–H groups in total. The minimum Gasteiger partial charge on any atom is -0.497 e. The fourth-order valence-electron chi connectivity index (χ4n) is 3.56. The van der Waals surface area contributed by atoms with Crippen LogP contribution in [0.1, 0.15) is 5.56 Å². The Hall–Kier alpha value is -3.98. The zero-order valence-electron chi connectivity index (χ0n) is 18.4. The number of carbonyl (C=O) groups is 1. The van der Waals surface area contributed by atoms with Crippen LogP contribution < -0.4 is 19.5 Å². The van der Waals surface area contributed by atoms with Gasteiger partial charge in [-0.3, -0.25) is 9.36 Å². The van der Waals surface area contributed by atoms with Crippen molar-refractivity contribution >= 4 is 23.4 Å². The number of anilines is 1. The lowest BCUT2D eigenvalue weighted by Gasteiger charge is -2.11. The predicted octanol–water partition coefficient (Wildman–Crippen LogP) is 4.46. The molecule has 0 saturated heterocycles. The van der Waals surface area contributed by atoms with Crippen LogP contribution >= 0.6 is 11.8 Å². The number of aromatic nitrogens is 3. The Balaban J connectivity index is 1.35. The van der Waals surface area contributed by atoms with Gasteiger partial charge in [-0.2, -0.15) is 0 Å². The van der Waals surface area contributed by atoms with Gasteiger partial charge in [-0.05, 0) is 42.0 Å². The first-order valence-electron chi connectivity index (χ1n) is 10.6. The Morgan fingerprint density at radius 2 is 1.82 bits per heavy atom. The standard InChI is InChI=1S/C25H22N4O4S/c1-31-20-10-8-19(9-11-20)26-23(30)15-34-25-28-27-24(18-5-3-2-4-6-18)29(25)14-17-7-12-21-22(13-17)33-16-32-21/h2-13H,14-16H2,1H3,(H,26,30). The Morgan fingerprint density at radius 1 is 1.03 bits per heavy atom. The summed E-state index contributed by atoms with van der Waals surface area (Å²) in [5.74, 6) is 2.99. The molecular formula is C25H22N4O4S. The second-order valence-corrected chi connectivity index (χ2v) is 8.45. The molecule has 0 fully saturated rings. The largest absolute Gasteiger partial charge is 0.497 e. The van der Waals surface area contributed by atoms with E-state index in [0.29, 0.717) is 17.4 Å². The highest BCUT2D eigenvalue weighted by molar-refractivity contribution is 7.99. The molecule has 0 atom stereocenters. The van der Waals surface area contributed by atoms with Gasteiger partial charge in [0.15, 0.2) is 22.5 Å². The van der Waals surface area contributed by atoms with E-state index in [4.69, 9.17) is 14.2 Å². The van der Waals surface area contributed by atoms with Crippen LogP contribution in [0.5, 0.6) is 17.2 Å². The number of methoxy groups -OCH3 is 1. The molecule has 172 valence electrons. The Kier molecular flexibility index (Phi) is 6.35. The van der Waals surface area contributed by atoms with Gasteiger partial charge in [0.2, 0.25) is 12.7 Å². The Labute approximate surface area is 200 Å². The summed E-state index contributed by atoms with van der Waals surface area (Å²) >= 11 is 1.34. The van der Waals surface area contributed by atoms with Crippen LogP contribution in [-0.2, 0) is 11.3 Å². The smallest absolute Gasteiger partial charge is 0.234 e. The number of hydrogen-bond donors (Lipinski definition) is 1. The topological polar surface area (TPSA) is 87.5 Å². The summed E-state index contributed by atoms with van der Waals surface area (Å²) in [6.45, 7) is 0.751. The normalized spacial score (nSPS) is 11.9. The molecule has 8 nitrogen and oxygen atoms in total. The summed E-state index contributed by atoms with van der Waals surface area (Å²) in [7, 11) is 1.60. The van der Waals surface area contributed by atoms with Gasteiger partial charge in [0.05, 0.1) is 19.4 Å². The number of rotatable bonds is 8. The molecule has 4 aromatic rings. The van der Waals surface area contributed by atoms with E-state index < -0.39 is 0 Å². The minimum absolute atomic E-state index is 0.131. The third-order valence-corrected chi connectivity index (χ3v) is 6.20. The molecular weight excluding hydrogens is 452 g/mol. The molecule has 0 bridgehead atoms. The number of fused-ring (bicyclic) bond motifs is 1. The van der Waals surface area contributed by atoms with E-state index in [1.165, 1.54) is 11.8 Å². The number of carbonyl (C=O) groups excluding carboxylic acids is 1. The third kappa shape index (κ3) is 4.84. The fourth-order valence-corrected chi connectivity index (χ4v) is 4.30. The van der Waals surface area contributed by atoms with Gasteiger partial charge in [0, 0.05) is 11.3 Å². The molecule has 9 heteroatoms. The van der Waals surface area contributed by atoms with Gasteiger partial charge < -0.3 is 19.5 Å². The maximum absolute atomic E-state index is 12.6. The zero-order valence-corrected chi connectivity index (χ0v) is 19.2. The average molecular weight is 475 g/mol. The lowest BCUT2D eigenvalue weighted by Crippen LogP contribution is -2.14. The van der Waals surface area contributed by atoms with Gasteiger partial charge in [-0.1, -0.05) is 48.2 Å². The summed E-state index contributed by atoms with van der Waals surface area (Å²) in [5.41, 5.74) is 2.68. The monoisotopic (exact) mass is 474 g/mol. The van der Waals surface area contributed by atoms with Crippen molar-refractivity contribution in [3.8, 4) is 28.6 Å². The van der Waals surface area contributed by atoms with E-state index >= 15 is 0 Å². The number of benzene rings is 3. The molecule has 5 rings (SSSR count). The van der Waals surface area contributed by atoms with Crippen molar-refractivity contribution in [3.63, 3.8) is 0 Å². The van der Waals surface area contributed by atoms with Crippen LogP contribution in [0, 0.1) is 0 Å². The second-order valence-electron chi connectivity index (χ2n) is 7.51. The number of amides is 1. The molecule has 0 radical (unpaired) electrons. The summed E-state index contributed by atoms with van der Waals surface area (Å²) in [4.78, 5) is 12.6. The first-order valence-corrected chi connectivity index (χ1v) is 11.6. The number of thioether (sulfide) groups is 1. The van der Waals surface area contributed by atoms with Crippen molar-refractivity contribution in [3.05, 3.63) is 78.4 Å². The van der Waals surface area contributed by atoms with Gasteiger partial charge >= 0.3 is 0 Å². The molecule has 0 saturated carbocycles. The Morgan fingerprint density at radius 3 is 2.62 bits per heavy atom. The molecule has 3 aromatic carbocycles. The van der Waals surface area contributed by atoms with Crippen LogP contribution in [0.25, 0.3) is 11.4 Å². The quantitative estimate of drug-likeness (QED) is 0.377. The molecule has 0 aliphatic carbocycles. The molecule has 0 spiro atoms. The van der Waals surface area contributed by atoms with Crippen LogP contribution in [0.15, 0.2) is 78.0 Å². The predicted molar refractivity (Wildman–Crippen MR) is 129 cm³/mol. The summed E-state index contributed by atoms with van der Waals surface area (Å²) in [6, 6.07) is 22.9. The minimum atomic E-state index is -0.131. The van der Waals surface area contributed by atoms with E-state index in [-0.39, 0.29) is 18.5 Å². The molecule has 0 unspecified atom stereocenters. The highest BCUT2D eigenvalue weighted by atomic mass is 32.2. The van der Waals surface area contributed by atoms with Crippen molar-refractivity contribution in [1.82, 2.24) is 14.8 Å². The average Bonchev–Trinajstić information content (AvgIpc) is 3.50. The summed E-state index contributed by atoms with van der Waals surface area (Å²) in [6.07, 6.45) is 0. The van der Waals surface area contributed by atoms with Gasteiger partial charge in [0.25, 0.3) is 0 Å². The number of ether oxygens (including phenoxy) is 3. The maximum Gasteiger partial charge on any atom is 0.234 e. The van der Waals surface area contributed by atoms with Gasteiger partial charge in [0.1, 0.15) is 5.75 Å². The molecule has 1 aromatic heterocycles. The zero-order chi connectivity index (χ0) is 23.3. The number of nitrogens with zero attached hydrogens (tertiary/aromatic N) is 3. The van der Waals surface area contributed by atoms with Crippen molar-refractivity contribution in [2.24, 2.45) is 0 Å². The van der Waals surface area contributed by atoms with Crippen molar-refractivity contribution < 1.29 is 19.0 Å². The summed E-state index contributed by atoms with van der Waals surface area (Å²) in [5, 5.41) is 12.4. The first-order chi connectivity index (χ1) is 16.7. The second kappa shape index (κ2) is 9.88. The van der Waals surface area contributed by atoms with Crippen LogP contribution in [0.2, 0.25) is 0 Å². The van der Waals surface area contributed by atoms with Crippen LogP contribution in [0.3, 0.4) is 0 Å². The third-order valence-electron chi connectivity index (χ3n) is 5.23. The lowest BCUT2D eigenvalue weighted by atomic mass is 10.2. The Bertz CT molecular complexity index is 1290. The highest BCUT2D eigenvalue weighted by Crippen LogP contribution is 2.33. The van der Waals surface area contributed by atoms with E-state index in [1.807, 2.05) is 53.1 Å². The van der Waals surface area contributed by atoms with E-state index in [0.717, 1.165) is 34.2 Å². The molecule has 1 amide bonds. The van der Waals surface area contributed by atoms with Crippen molar-refractivity contribution in [2.45, 2.75) is 11.7 Å². The lowest BCUT2D eigenvalue weighted by molar-refractivity contribution is -0.113. The van der Waals surface area contributed by atoms with E-state index in [2.05, 4.69) is 15.5 Å². The SMILES string of the molecule is COc1ccc(NC(=O)CSc2nnc(-c3ccccc3)n2Cc2ccc3c(c2)OCO3)cc1. The molecule has 2 heterocycles. The van der Waals surface area contributed by atoms with E-state index in [1.54, 1.807) is 31.4 Å². The highest BCUT2D eigenvalue weighted by Gasteiger charge is 2.18. The van der Waals surface area contributed by atoms with Gasteiger partial charge in [-0.25, -0.2) is 0 Å². The van der Waals surface area contributed by atoms with Crippen LogP contribution in [-0.4, -0.2) is 40.3 Å². The molecule has 34 heavy (non-hydrogen) atoms. The summed E-state index contributed by atoms with van der Waals surface area (Å²) < 4.78 is 18.1. The van der Waals surface area contributed by atoms with Gasteiger partial charge in [-0.15, -0.1) is 10.2 Å². The fraction of sp³-hybridized carbons (Fsp3) is 0.160. The van der Waals surface area contributed by atoms with E-state index in [9.17, 15) is 4.79 Å². The molecule has 1 aliphatic rings. The molecule has 1 aliphatic heterocycles.